The number of anilines is 1. The second-order valence-electron chi connectivity index (χ2n) is 8.31. The molecule has 9 nitrogen and oxygen atoms in total. The summed E-state index contributed by atoms with van der Waals surface area (Å²) in [7, 11) is 1.48. The molecule has 3 N–H and O–H groups in total. The predicted molar refractivity (Wildman–Crippen MR) is 129 cm³/mol. The second-order valence-corrected chi connectivity index (χ2v) is 9.28. The third-order valence-electron chi connectivity index (χ3n) is 6.49. The number of nitrogen functional groups attached to an aromatic ring is 1. The number of amides is 2. The lowest BCUT2D eigenvalue weighted by atomic mass is 10.1. The van der Waals surface area contributed by atoms with Crippen molar-refractivity contribution in [3.8, 4) is 11.3 Å². The molecule has 0 radical (unpaired) electrons. The number of nitrogens with two attached hydrogens (primary N) is 1. The highest BCUT2D eigenvalue weighted by molar-refractivity contribution is 14.1. The van der Waals surface area contributed by atoms with Gasteiger partial charge in [-0.05, 0) is 43.0 Å². The van der Waals surface area contributed by atoms with E-state index < -0.39 is 5.82 Å². The Morgan fingerprint density at radius 1 is 1.30 bits per heavy atom. The average molecular weight is 561 g/mol. The summed E-state index contributed by atoms with van der Waals surface area (Å²) in [6.07, 6.45) is 3.03. The van der Waals surface area contributed by atoms with Gasteiger partial charge < -0.3 is 16.0 Å². The molecule has 3 atom stereocenters. The van der Waals surface area contributed by atoms with Gasteiger partial charge in [-0.25, -0.2) is 19.0 Å². The van der Waals surface area contributed by atoms with Gasteiger partial charge in [-0.1, -0.05) is 6.58 Å². The van der Waals surface area contributed by atoms with Gasteiger partial charge in [0.1, 0.15) is 17.3 Å². The van der Waals surface area contributed by atoms with Crippen molar-refractivity contribution in [2.75, 3.05) is 19.3 Å². The summed E-state index contributed by atoms with van der Waals surface area (Å²) in [4.78, 5) is 34.9. The van der Waals surface area contributed by atoms with Crippen LogP contribution in [-0.4, -0.2) is 56.1 Å². The Bertz CT molecular complexity index is 1320. The first-order valence-electron chi connectivity index (χ1n) is 10.5. The van der Waals surface area contributed by atoms with Crippen LogP contribution in [0.15, 0.2) is 30.9 Å². The number of piperidine rings is 1. The van der Waals surface area contributed by atoms with E-state index >= 15 is 4.39 Å². The normalized spacial score (nSPS) is 21.5. The fourth-order valence-corrected chi connectivity index (χ4v) is 5.56. The van der Waals surface area contributed by atoms with Gasteiger partial charge in [0, 0.05) is 47.3 Å². The SMILES string of the molecule is C=CC(=O)N1C[C@@H]2C[C@H]1[C@@H](n1nc(-c3ccc(C(=O)NC)cc3F)c3c(N)nc(I)nc31)C2. The molecule has 2 aromatic heterocycles. The number of nitrogens with one attached hydrogen (secondary N) is 1. The number of aromatic nitrogens is 4. The monoisotopic (exact) mass is 561 g/mol. The zero-order chi connectivity index (χ0) is 23.4. The van der Waals surface area contributed by atoms with Gasteiger partial charge in [0.2, 0.25) is 5.91 Å². The number of likely N-dealkylation sites (tertiary alicyclic amines) is 1. The van der Waals surface area contributed by atoms with Crippen molar-refractivity contribution in [2.24, 2.45) is 5.92 Å². The molecule has 3 aromatic rings. The van der Waals surface area contributed by atoms with E-state index in [1.54, 1.807) is 4.68 Å². The van der Waals surface area contributed by atoms with Crippen LogP contribution in [0.1, 0.15) is 29.2 Å². The lowest BCUT2D eigenvalue weighted by Crippen LogP contribution is -2.42. The van der Waals surface area contributed by atoms with Crippen LogP contribution < -0.4 is 11.1 Å². The molecule has 2 amide bonds. The van der Waals surface area contributed by atoms with E-state index in [1.165, 1.54) is 31.3 Å². The maximum atomic E-state index is 15.1. The van der Waals surface area contributed by atoms with E-state index in [9.17, 15) is 9.59 Å². The molecule has 3 heterocycles. The Morgan fingerprint density at radius 2 is 2.06 bits per heavy atom. The Labute approximate surface area is 202 Å². The zero-order valence-electron chi connectivity index (χ0n) is 17.8. The highest BCUT2D eigenvalue weighted by Crippen LogP contribution is 2.46. The van der Waals surface area contributed by atoms with Gasteiger partial charge in [-0.2, -0.15) is 5.10 Å². The second kappa shape index (κ2) is 8.04. The fraction of sp³-hybridized carbons (Fsp3) is 0.318. The van der Waals surface area contributed by atoms with Crippen molar-refractivity contribution in [1.29, 1.82) is 0 Å². The van der Waals surface area contributed by atoms with E-state index in [2.05, 4.69) is 21.9 Å². The Morgan fingerprint density at radius 3 is 2.73 bits per heavy atom. The third kappa shape index (κ3) is 3.45. The zero-order valence-corrected chi connectivity index (χ0v) is 19.9. The summed E-state index contributed by atoms with van der Waals surface area (Å²) in [5.74, 6) is -0.543. The first-order valence-corrected chi connectivity index (χ1v) is 11.6. The number of carbonyl (C=O) groups excluding carboxylic acids is 2. The number of hydrogen-bond donors (Lipinski definition) is 2. The van der Waals surface area contributed by atoms with Gasteiger partial charge in [-0.15, -0.1) is 0 Å². The molecular formula is C22H21FIN7O2. The molecule has 33 heavy (non-hydrogen) atoms. The first kappa shape index (κ1) is 21.7. The van der Waals surface area contributed by atoms with Gasteiger partial charge in [0.05, 0.1) is 17.5 Å². The highest BCUT2D eigenvalue weighted by Gasteiger charge is 2.48. The Kier molecular flexibility index (Phi) is 5.30. The van der Waals surface area contributed by atoms with E-state index in [0.717, 1.165) is 12.8 Å². The van der Waals surface area contributed by atoms with Crippen LogP contribution >= 0.6 is 22.6 Å². The molecule has 2 bridgehead atoms. The van der Waals surface area contributed by atoms with E-state index in [-0.39, 0.29) is 40.8 Å². The van der Waals surface area contributed by atoms with Crippen molar-refractivity contribution >= 4 is 51.3 Å². The lowest BCUT2D eigenvalue weighted by molar-refractivity contribution is -0.128. The summed E-state index contributed by atoms with van der Waals surface area (Å²) >= 11 is 1.98. The van der Waals surface area contributed by atoms with Gasteiger partial charge in [-0.3, -0.25) is 9.59 Å². The summed E-state index contributed by atoms with van der Waals surface area (Å²) < 4.78 is 17.4. The van der Waals surface area contributed by atoms with Gasteiger partial charge in [0.25, 0.3) is 5.91 Å². The van der Waals surface area contributed by atoms with E-state index in [1.807, 2.05) is 27.5 Å². The number of hydrogen-bond acceptors (Lipinski definition) is 6. The molecule has 1 saturated carbocycles. The van der Waals surface area contributed by atoms with Crippen LogP contribution in [0.25, 0.3) is 22.3 Å². The number of halogens is 2. The number of carbonyl (C=O) groups is 2. The van der Waals surface area contributed by atoms with Crippen molar-refractivity contribution in [2.45, 2.75) is 24.9 Å². The highest BCUT2D eigenvalue weighted by atomic mass is 127. The first-order chi connectivity index (χ1) is 15.8. The van der Waals surface area contributed by atoms with Crippen LogP contribution in [0.3, 0.4) is 0 Å². The molecule has 1 saturated heterocycles. The molecule has 5 rings (SSSR count). The Balaban J connectivity index is 1.67. The lowest BCUT2D eigenvalue weighted by Gasteiger charge is -2.32. The largest absolute Gasteiger partial charge is 0.383 e. The molecule has 170 valence electrons. The number of benzene rings is 1. The number of rotatable bonds is 4. The summed E-state index contributed by atoms with van der Waals surface area (Å²) in [5, 5.41) is 7.70. The fourth-order valence-electron chi connectivity index (χ4n) is 5.07. The van der Waals surface area contributed by atoms with Crippen molar-refractivity contribution in [3.05, 3.63) is 46.1 Å². The smallest absolute Gasteiger partial charge is 0.251 e. The van der Waals surface area contributed by atoms with Crippen LogP contribution in [0, 0.1) is 15.6 Å². The number of fused-ring (bicyclic) bond motifs is 3. The van der Waals surface area contributed by atoms with Crippen LogP contribution in [-0.2, 0) is 4.79 Å². The topological polar surface area (TPSA) is 119 Å². The molecule has 0 spiro atoms. The maximum Gasteiger partial charge on any atom is 0.251 e. The minimum Gasteiger partial charge on any atom is -0.383 e. The van der Waals surface area contributed by atoms with Crippen molar-refractivity contribution < 1.29 is 14.0 Å². The van der Waals surface area contributed by atoms with Gasteiger partial charge >= 0.3 is 0 Å². The predicted octanol–water partition coefficient (Wildman–Crippen LogP) is 2.53. The molecule has 1 aliphatic carbocycles. The van der Waals surface area contributed by atoms with Crippen molar-refractivity contribution in [1.82, 2.24) is 30.0 Å². The van der Waals surface area contributed by atoms with Crippen molar-refractivity contribution in [3.63, 3.8) is 0 Å². The molecule has 11 heteroatoms. The molecule has 2 fully saturated rings. The molecular weight excluding hydrogens is 540 g/mol. The molecule has 0 unspecified atom stereocenters. The molecule has 1 aromatic carbocycles. The minimum absolute atomic E-state index is 0.0502. The third-order valence-corrected chi connectivity index (χ3v) is 6.97. The molecule has 2 aliphatic rings. The minimum atomic E-state index is -0.600. The summed E-state index contributed by atoms with van der Waals surface area (Å²) in [6.45, 7) is 4.31. The maximum absolute atomic E-state index is 15.1. The summed E-state index contributed by atoms with van der Waals surface area (Å²) in [6, 6.07) is 4.05. The van der Waals surface area contributed by atoms with Crippen LogP contribution in [0.4, 0.5) is 10.2 Å². The van der Waals surface area contributed by atoms with E-state index in [0.29, 0.717) is 33.0 Å². The van der Waals surface area contributed by atoms with Crippen LogP contribution in [0.5, 0.6) is 0 Å². The number of nitrogens with zero attached hydrogens (tertiary/aromatic N) is 5. The molecule has 1 aliphatic heterocycles. The quantitative estimate of drug-likeness (QED) is 0.287. The van der Waals surface area contributed by atoms with E-state index in [4.69, 9.17) is 10.8 Å². The summed E-state index contributed by atoms with van der Waals surface area (Å²) in [5.41, 5.74) is 7.47. The Hall–Kier alpha value is -3.09. The van der Waals surface area contributed by atoms with Gasteiger partial charge in [0.15, 0.2) is 9.48 Å². The standard InChI is InChI=1S/C22H21FIN7O2/c1-3-16(32)30-9-10-6-14(30)15(7-10)31-20-17(19(25)27-22(24)28-20)18(29-31)12-5-4-11(8-13(12)23)21(33)26-2/h3-5,8,10,14-15H,1,6-7,9H2,2H3,(H,26,33)(H2,25,27,28)/t10-,14+,15+/m1/s1. The average Bonchev–Trinajstić information content (AvgIpc) is 3.50. The van der Waals surface area contributed by atoms with Crippen LogP contribution in [0.2, 0.25) is 0 Å².